The van der Waals surface area contributed by atoms with Crippen molar-refractivity contribution < 1.29 is 9.59 Å². The Morgan fingerprint density at radius 1 is 1.09 bits per heavy atom. The first-order valence-corrected chi connectivity index (χ1v) is 8.85. The molecule has 0 radical (unpaired) electrons. The molecule has 0 spiro atoms. The van der Waals surface area contributed by atoms with E-state index in [1.165, 1.54) is 5.57 Å². The molecule has 0 aromatic heterocycles. The van der Waals surface area contributed by atoms with Crippen LogP contribution in [0, 0.1) is 34.5 Å². The number of Topliss-reactive ketones (excluding diaryl/α,β-unsaturated/α-hetero) is 1. The standard InChI is InChI=1S/C20H26O2/c1-12-10-15-17-14(7-9-20(15,3)18(12)22)19(2)8-5-4-6-13(19)11-16(17)21/h4,6,11-12,14-15,17H,5,7-10H2,1-3H3/t12-,14+,15+,17-,19+,20+/m1/s1. The highest BCUT2D eigenvalue weighted by atomic mass is 16.1. The van der Waals surface area contributed by atoms with Crippen molar-refractivity contribution >= 4 is 11.6 Å². The van der Waals surface area contributed by atoms with E-state index >= 15 is 0 Å². The van der Waals surface area contributed by atoms with Gasteiger partial charge in [0, 0.05) is 17.3 Å². The maximum Gasteiger partial charge on any atom is 0.159 e. The minimum absolute atomic E-state index is 0.0768. The van der Waals surface area contributed by atoms with Crippen molar-refractivity contribution in [2.24, 2.45) is 34.5 Å². The molecule has 22 heavy (non-hydrogen) atoms. The van der Waals surface area contributed by atoms with Crippen LogP contribution in [0.5, 0.6) is 0 Å². The van der Waals surface area contributed by atoms with Crippen molar-refractivity contribution in [1.29, 1.82) is 0 Å². The summed E-state index contributed by atoms with van der Waals surface area (Å²) in [4.78, 5) is 25.6. The van der Waals surface area contributed by atoms with Crippen LogP contribution in [0.2, 0.25) is 0 Å². The molecule has 6 atom stereocenters. The van der Waals surface area contributed by atoms with E-state index in [9.17, 15) is 9.59 Å². The Morgan fingerprint density at radius 2 is 1.86 bits per heavy atom. The number of rotatable bonds is 0. The van der Waals surface area contributed by atoms with Gasteiger partial charge < -0.3 is 0 Å². The van der Waals surface area contributed by atoms with E-state index in [0.29, 0.717) is 17.5 Å². The predicted molar refractivity (Wildman–Crippen MR) is 86.2 cm³/mol. The molecule has 2 saturated carbocycles. The van der Waals surface area contributed by atoms with Gasteiger partial charge in [0.15, 0.2) is 5.78 Å². The number of hydrogen-bond acceptors (Lipinski definition) is 2. The average molecular weight is 298 g/mol. The van der Waals surface area contributed by atoms with Gasteiger partial charge in [0.1, 0.15) is 5.78 Å². The van der Waals surface area contributed by atoms with Gasteiger partial charge in [0.25, 0.3) is 0 Å². The summed E-state index contributed by atoms with van der Waals surface area (Å²) in [6, 6.07) is 0. The molecule has 0 aromatic rings. The molecule has 0 unspecified atom stereocenters. The number of ketones is 2. The Kier molecular flexibility index (Phi) is 2.90. The normalized spacial score (nSPS) is 50.2. The first kappa shape index (κ1) is 14.4. The SMILES string of the molecule is C[C@@H]1C[C@H]2[C@@H]3C(=O)C=C4C=CCC[C@]4(C)[C@H]3CC[C@]2(C)C1=O. The van der Waals surface area contributed by atoms with Gasteiger partial charge >= 0.3 is 0 Å². The number of fused-ring (bicyclic) bond motifs is 5. The van der Waals surface area contributed by atoms with Gasteiger partial charge in [-0.3, -0.25) is 9.59 Å². The van der Waals surface area contributed by atoms with Gasteiger partial charge in [-0.05, 0) is 61.0 Å². The zero-order chi connectivity index (χ0) is 15.7. The number of allylic oxidation sites excluding steroid dienone is 4. The van der Waals surface area contributed by atoms with Crippen LogP contribution in [0.25, 0.3) is 0 Å². The van der Waals surface area contributed by atoms with Gasteiger partial charge in [0.05, 0.1) is 0 Å². The van der Waals surface area contributed by atoms with E-state index in [1.54, 1.807) is 0 Å². The highest BCUT2D eigenvalue weighted by molar-refractivity contribution is 5.97. The molecule has 4 aliphatic rings. The van der Waals surface area contributed by atoms with Gasteiger partial charge in [0.2, 0.25) is 0 Å². The van der Waals surface area contributed by atoms with E-state index in [4.69, 9.17) is 0 Å². The Morgan fingerprint density at radius 3 is 2.64 bits per heavy atom. The molecule has 0 N–H and O–H groups in total. The fraction of sp³-hybridized carbons (Fsp3) is 0.700. The molecular weight excluding hydrogens is 272 g/mol. The third kappa shape index (κ3) is 1.62. The molecule has 2 fully saturated rings. The molecule has 2 heteroatoms. The van der Waals surface area contributed by atoms with Gasteiger partial charge in [-0.25, -0.2) is 0 Å². The van der Waals surface area contributed by atoms with Crippen LogP contribution in [0.4, 0.5) is 0 Å². The van der Waals surface area contributed by atoms with Crippen molar-refractivity contribution in [3.8, 4) is 0 Å². The zero-order valence-corrected chi connectivity index (χ0v) is 13.9. The van der Waals surface area contributed by atoms with Crippen molar-refractivity contribution in [2.75, 3.05) is 0 Å². The van der Waals surface area contributed by atoms with Crippen LogP contribution in [-0.2, 0) is 9.59 Å². The van der Waals surface area contributed by atoms with Gasteiger partial charge in [-0.2, -0.15) is 0 Å². The minimum atomic E-state index is -0.248. The first-order valence-electron chi connectivity index (χ1n) is 8.85. The molecular formula is C20H26O2. The topological polar surface area (TPSA) is 34.1 Å². The Balaban J connectivity index is 1.80. The van der Waals surface area contributed by atoms with Crippen LogP contribution in [0.15, 0.2) is 23.8 Å². The summed E-state index contributed by atoms with van der Waals surface area (Å²) < 4.78 is 0. The maximum absolute atomic E-state index is 12.9. The highest BCUT2D eigenvalue weighted by Gasteiger charge is 2.61. The summed E-state index contributed by atoms with van der Waals surface area (Å²) in [6.45, 7) is 6.55. The van der Waals surface area contributed by atoms with E-state index in [-0.39, 0.29) is 28.6 Å². The van der Waals surface area contributed by atoms with Crippen LogP contribution in [0.3, 0.4) is 0 Å². The van der Waals surface area contributed by atoms with Crippen molar-refractivity contribution in [1.82, 2.24) is 0 Å². The fourth-order valence-corrected chi connectivity index (χ4v) is 6.16. The number of carbonyl (C=O) groups excluding carboxylic acids is 2. The lowest BCUT2D eigenvalue weighted by molar-refractivity contribution is -0.139. The lowest BCUT2D eigenvalue weighted by Crippen LogP contribution is -2.52. The Labute approximate surface area is 133 Å². The second-order valence-electron chi connectivity index (χ2n) is 8.56. The molecule has 0 amide bonds. The molecule has 0 saturated heterocycles. The molecule has 4 aliphatic carbocycles. The molecule has 118 valence electrons. The summed E-state index contributed by atoms with van der Waals surface area (Å²) in [5.41, 5.74) is 1.14. The van der Waals surface area contributed by atoms with E-state index < -0.39 is 0 Å². The Bertz CT molecular complexity index is 613. The van der Waals surface area contributed by atoms with Crippen molar-refractivity contribution in [2.45, 2.75) is 52.9 Å². The highest BCUT2D eigenvalue weighted by Crippen LogP contribution is 2.63. The van der Waals surface area contributed by atoms with Crippen LogP contribution < -0.4 is 0 Å². The van der Waals surface area contributed by atoms with E-state index in [1.807, 2.05) is 6.08 Å². The molecule has 0 aromatic carbocycles. The molecule has 0 aliphatic heterocycles. The molecule has 0 heterocycles. The monoisotopic (exact) mass is 298 g/mol. The summed E-state index contributed by atoms with van der Waals surface area (Å²) in [5, 5.41) is 0. The van der Waals surface area contributed by atoms with Crippen molar-refractivity contribution in [3.63, 3.8) is 0 Å². The summed E-state index contributed by atoms with van der Waals surface area (Å²) in [5.74, 6) is 1.61. The van der Waals surface area contributed by atoms with Crippen molar-refractivity contribution in [3.05, 3.63) is 23.8 Å². The smallest absolute Gasteiger partial charge is 0.159 e. The number of carbonyl (C=O) groups is 2. The van der Waals surface area contributed by atoms with E-state index in [2.05, 4.69) is 32.9 Å². The average Bonchev–Trinajstić information content (AvgIpc) is 2.71. The molecule has 4 rings (SSSR count). The molecule has 0 bridgehead atoms. The predicted octanol–water partition coefficient (Wildman–Crippen LogP) is 4.11. The third-order valence-electron chi connectivity index (χ3n) is 7.51. The summed E-state index contributed by atoms with van der Waals surface area (Å²) >= 11 is 0. The fourth-order valence-electron chi connectivity index (χ4n) is 6.16. The van der Waals surface area contributed by atoms with Crippen LogP contribution in [-0.4, -0.2) is 11.6 Å². The minimum Gasteiger partial charge on any atom is -0.299 e. The quantitative estimate of drug-likeness (QED) is 0.674. The second-order valence-corrected chi connectivity index (χ2v) is 8.56. The summed E-state index contributed by atoms with van der Waals surface area (Å²) in [7, 11) is 0. The van der Waals surface area contributed by atoms with Crippen LogP contribution in [0.1, 0.15) is 52.9 Å². The van der Waals surface area contributed by atoms with Gasteiger partial charge in [-0.1, -0.05) is 32.9 Å². The second kappa shape index (κ2) is 4.43. The Hall–Kier alpha value is -1.18. The lowest BCUT2D eigenvalue weighted by Gasteiger charge is -2.54. The maximum atomic E-state index is 12.9. The van der Waals surface area contributed by atoms with Crippen LogP contribution >= 0.6 is 0 Å². The zero-order valence-electron chi connectivity index (χ0n) is 13.9. The van der Waals surface area contributed by atoms with E-state index in [0.717, 1.165) is 32.1 Å². The third-order valence-corrected chi connectivity index (χ3v) is 7.51. The van der Waals surface area contributed by atoms with Gasteiger partial charge in [-0.15, -0.1) is 0 Å². The lowest BCUT2D eigenvalue weighted by atomic mass is 9.48. The first-order chi connectivity index (χ1) is 10.4. The largest absolute Gasteiger partial charge is 0.299 e. The summed E-state index contributed by atoms with van der Waals surface area (Å²) in [6.07, 6.45) is 11.5. The number of hydrogen-bond donors (Lipinski definition) is 0. The molecule has 2 nitrogen and oxygen atoms in total.